The zero-order valence-electron chi connectivity index (χ0n) is 22.3. The Labute approximate surface area is 198 Å². The molecule has 0 aliphatic rings. The molecular weight excluding hydrogens is 376 g/mol. The first-order valence-corrected chi connectivity index (χ1v) is 14.9. The van der Waals surface area contributed by atoms with Gasteiger partial charge in [0, 0.05) is 0 Å². The molecule has 1 nitrogen and oxygen atoms in total. The van der Waals surface area contributed by atoms with Crippen molar-refractivity contribution in [2.75, 3.05) is 0 Å². The molecule has 31 heavy (non-hydrogen) atoms. The van der Waals surface area contributed by atoms with Gasteiger partial charge in [0.15, 0.2) is 0 Å². The maximum atomic E-state index is 10.0. The monoisotopic (exact) mass is 438 g/mol. The minimum atomic E-state index is -0.0348. The van der Waals surface area contributed by atoms with Crippen molar-refractivity contribution in [3.05, 3.63) is 0 Å². The first-order valence-electron chi connectivity index (χ1n) is 14.9. The molecule has 0 radical (unpaired) electrons. The van der Waals surface area contributed by atoms with Gasteiger partial charge in [-0.2, -0.15) is 0 Å². The van der Waals surface area contributed by atoms with E-state index < -0.39 is 0 Å². The average molecular weight is 439 g/mol. The third-order valence-electron chi connectivity index (χ3n) is 7.18. The van der Waals surface area contributed by atoms with E-state index in [1.165, 1.54) is 148 Å². The number of aliphatic hydroxyl groups excluding tert-OH is 1. The standard InChI is InChI=1S/C30H62O/c1-4-6-8-10-11-12-13-14-15-16-18-21-25-29(3)26-22-19-17-20-24-28-30(31)27-23-9-7-5-2/h29-31H,4-28H2,1-3H3. The molecule has 0 saturated carbocycles. The summed E-state index contributed by atoms with van der Waals surface area (Å²) >= 11 is 0. The topological polar surface area (TPSA) is 20.2 Å². The number of aliphatic hydroxyl groups is 1. The molecule has 0 bridgehead atoms. The van der Waals surface area contributed by atoms with E-state index in [4.69, 9.17) is 0 Å². The SMILES string of the molecule is CCCCCCCCCCCCCCC(C)CCCCCCCC(O)CCCCCC. The first kappa shape index (κ1) is 31.0. The predicted molar refractivity (Wildman–Crippen MR) is 142 cm³/mol. The lowest BCUT2D eigenvalue weighted by molar-refractivity contribution is 0.147. The molecular formula is C30H62O. The van der Waals surface area contributed by atoms with Crippen LogP contribution in [0, 0.1) is 5.92 Å². The Hall–Kier alpha value is -0.0400. The lowest BCUT2D eigenvalue weighted by Crippen LogP contribution is -2.05. The molecule has 1 heteroatoms. The number of hydrogen-bond donors (Lipinski definition) is 1. The van der Waals surface area contributed by atoms with Gasteiger partial charge in [-0.05, 0) is 18.8 Å². The zero-order valence-corrected chi connectivity index (χ0v) is 22.3. The van der Waals surface area contributed by atoms with Crippen LogP contribution in [0.2, 0.25) is 0 Å². The van der Waals surface area contributed by atoms with Crippen LogP contribution >= 0.6 is 0 Å². The second-order valence-electron chi connectivity index (χ2n) is 10.6. The van der Waals surface area contributed by atoms with Crippen LogP contribution in [0.25, 0.3) is 0 Å². The Balaban J connectivity index is 3.22. The van der Waals surface area contributed by atoms with Crippen molar-refractivity contribution in [2.45, 2.75) is 187 Å². The molecule has 0 aromatic rings. The number of rotatable bonds is 26. The summed E-state index contributed by atoms with van der Waals surface area (Å²) in [6.07, 6.45) is 34.2. The molecule has 0 saturated heterocycles. The second-order valence-corrected chi connectivity index (χ2v) is 10.6. The van der Waals surface area contributed by atoms with E-state index in [0.717, 1.165) is 18.8 Å². The molecule has 0 aliphatic carbocycles. The van der Waals surface area contributed by atoms with E-state index in [2.05, 4.69) is 20.8 Å². The lowest BCUT2D eigenvalue weighted by atomic mass is 9.95. The van der Waals surface area contributed by atoms with E-state index >= 15 is 0 Å². The fourth-order valence-corrected chi connectivity index (χ4v) is 4.83. The molecule has 0 fully saturated rings. The van der Waals surface area contributed by atoms with Gasteiger partial charge in [0.1, 0.15) is 0 Å². The van der Waals surface area contributed by atoms with Crippen LogP contribution in [0.4, 0.5) is 0 Å². The van der Waals surface area contributed by atoms with Gasteiger partial charge >= 0.3 is 0 Å². The molecule has 1 N–H and O–H groups in total. The summed E-state index contributed by atoms with van der Waals surface area (Å²) in [6.45, 7) is 7.01. The molecule has 2 atom stereocenters. The molecule has 0 amide bonds. The lowest BCUT2D eigenvalue weighted by Gasteiger charge is -2.12. The molecule has 0 aromatic carbocycles. The first-order chi connectivity index (χ1) is 15.2. The van der Waals surface area contributed by atoms with Crippen LogP contribution in [0.15, 0.2) is 0 Å². The fraction of sp³-hybridized carbons (Fsp3) is 1.00. The second kappa shape index (κ2) is 26.2. The Kier molecular flexibility index (Phi) is 26.2. The maximum absolute atomic E-state index is 10.0. The molecule has 0 rings (SSSR count). The molecule has 0 aliphatic heterocycles. The van der Waals surface area contributed by atoms with Gasteiger partial charge < -0.3 is 5.11 Å². The summed E-state index contributed by atoms with van der Waals surface area (Å²) in [5, 5.41) is 10.0. The van der Waals surface area contributed by atoms with Crippen molar-refractivity contribution >= 4 is 0 Å². The summed E-state index contributed by atoms with van der Waals surface area (Å²) in [7, 11) is 0. The summed E-state index contributed by atoms with van der Waals surface area (Å²) in [4.78, 5) is 0. The molecule has 0 spiro atoms. The van der Waals surface area contributed by atoms with Crippen molar-refractivity contribution in [1.29, 1.82) is 0 Å². The van der Waals surface area contributed by atoms with E-state index in [0.29, 0.717) is 0 Å². The zero-order chi connectivity index (χ0) is 22.8. The van der Waals surface area contributed by atoms with Crippen molar-refractivity contribution in [1.82, 2.24) is 0 Å². The number of hydrogen-bond acceptors (Lipinski definition) is 1. The van der Waals surface area contributed by atoms with Crippen LogP contribution in [-0.2, 0) is 0 Å². The average Bonchev–Trinajstić information content (AvgIpc) is 2.76. The van der Waals surface area contributed by atoms with E-state index in [1.54, 1.807) is 0 Å². The highest BCUT2D eigenvalue weighted by Gasteiger charge is 2.05. The highest BCUT2D eigenvalue weighted by atomic mass is 16.3. The molecule has 2 unspecified atom stereocenters. The van der Waals surface area contributed by atoms with Gasteiger partial charge in [-0.25, -0.2) is 0 Å². The van der Waals surface area contributed by atoms with Crippen molar-refractivity contribution in [3.63, 3.8) is 0 Å². The highest BCUT2D eigenvalue weighted by molar-refractivity contribution is 4.59. The quantitative estimate of drug-likeness (QED) is 0.133. The van der Waals surface area contributed by atoms with Gasteiger partial charge in [-0.1, -0.05) is 168 Å². The Bertz CT molecular complexity index is 314. The predicted octanol–water partition coefficient (Wildman–Crippen LogP) is 10.8. The van der Waals surface area contributed by atoms with E-state index in [9.17, 15) is 5.11 Å². The van der Waals surface area contributed by atoms with Crippen LogP contribution in [0.1, 0.15) is 181 Å². The van der Waals surface area contributed by atoms with Crippen molar-refractivity contribution in [3.8, 4) is 0 Å². The summed E-state index contributed by atoms with van der Waals surface area (Å²) in [6, 6.07) is 0. The van der Waals surface area contributed by atoms with Crippen molar-refractivity contribution in [2.24, 2.45) is 5.92 Å². The smallest absolute Gasteiger partial charge is 0.0540 e. The Morgan fingerprint density at radius 3 is 1.00 bits per heavy atom. The third kappa shape index (κ3) is 26.1. The highest BCUT2D eigenvalue weighted by Crippen LogP contribution is 2.19. The van der Waals surface area contributed by atoms with Gasteiger partial charge in [0.2, 0.25) is 0 Å². The van der Waals surface area contributed by atoms with Gasteiger partial charge in [-0.15, -0.1) is 0 Å². The largest absolute Gasteiger partial charge is 0.393 e. The van der Waals surface area contributed by atoms with Gasteiger partial charge in [0.25, 0.3) is 0 Å². The van der Waals surface area contributed by atoms with Crippen LogP contribution in [0.3, 0.4) is 0 Å². The molecule has 0 aromatic heterocycles. The van der Waals surface area contributed by atoms with Crippen molar-refractivity contribution < 1.29 is 5.11 Å². The minimum absolute atomic E-state index is 0.0348. The van der Waals surface area contributed by atoms with Crippen LogP contribution < -0.4 is 0 Å². The Morgan fingerprint density at radius 2 is 0.645 bits per heavy atom. The number of unbranched alkanes of at least 4 members (excludes halogenated alkanes) is 18. The van der Waals surface area contributed by atoms with Gasteiger partial charge in [0.05, 0.1) is 6.10 Å². The van der Waals surface area contributed by atoms with Gasteiger partial charge in [-0.3, -0.25) is 0 Å². The molecule has 188 valence electrons. The maximum Gasteiger partial charge on any atom is 0.0540 e. The van der Waals surface area contributed by atoms with Crippen LogP contribution in [0.5, 0.6) is 0 Å². The minimum Gasteiger partial charge on any atom is -0.393 e. The van der Waals surface area contributed by atoms with Crippen LogP contribution in [-0.4, -0.2) is 11.2 Å². The normalized spacial score (nSPS) is 13.5. The summed E-state index contributed by atoms with van der Waals surface area (Å²) in [5.74, 6) is 0.924. The Morgan fingerprint density at radius 1 is 0.387 bits per heavy atom. The third-order valence-corrected chi connectivity index (χ3v) is 7.18. The van der Waals surface area contributed by atoms with E-state index in [1.807, 2.05) is 0 Å². The van der Waals surface area contributed by atoms with E-state index in [-0.39, 0.29) is 6.10 Å². The summed E-state index contributed by atoms with van der Waals surface area (Å²) < 4.78 is 0. The summed E-state index contributed by atoms with van der Waals surface area (Å²) in [5.41, 5.74) is 0. The fourth-order valence-electron chi connectivity index (χ4n) is 4.83. The molecule has 0 heterocycles.